The highest BCUT2D eigenvalue weighted by Crippen LogP contribution is 2.58. The molecule has 0 aromatic heterocycles. The molecular weight excluding hydrogens is 296 g/mol. The lowest BCUT2D eigenvalue weighted by Crippen LogP contribution is -2.73. The number of aliphatic hydroxyl groups excluding tert-OH is 2. The van der Waals surface area contributed by atoms with E-state index in [1.807, 2.05) is 13.8 Å². The number of hydrogen-bond donors (Lipinski definition) is 3. The third-order valence-electron chi connectivity index (χ3n) is 7.50. The van der Waals surface area contributed by atoms with Crippen LogP contribution >= 0.6 is 0 Å². The second-order valence-corrected chi connectivity index (χ2v) is 8.21. The highest BCUT2D eigenvalue weighted by atomic mass is 16.6. The monoisotopic (exact) mass is 330 g/mol. The molecule has 2 aliphatic heterocycles. The van der Waals surface area contributed by atoms with E-state index in [9.17, 15) is 15.3 Å². The van der Waals surface area contributed by atoms with Crippen LogP contribution in [0.15, 0.2) is 0 Å². The molecule has 5 nitrogen and oxygen atoms in total. The van der Waals surface area contributed by atoms with Crippen LogP contribution in [0.25, 0.3) is 0 Å². The van der Waals surface area contributed by atoms with Gasteiger partial charge in [0.25, 0.3) is 0 Å². The van der Waals surface area contributed by atoms with Crippen molar-refractivity contribution in [3.8, 4) is 0 Å². The van der Waals surface area contributed by atoms with E-state index in [0.717, 1.165) is 12.8 Å². The molecular formula is C18H34O5. The van der Waals surface area contributed by atoms with Gasteiger partial charge in [-0.15, -0.1) is 0 Å². The molecule has 23 heavy (non-hydrogen) atoms. The number of ether oxygens (including phenoxy) is 2. The van der Waals surface area contributed by atoms with Crippen LogP contribution in [0.3, 0.4) is 0 Å². The van der Waals surface area contributed by atoms with Crippen molar-refractivity contribution in [2.45, 2.75) is 96.4 Å². The van der Waals surface area contributed by atoms with E-state index < -0.39 is 35.1 Å². The first-order valence-corrected chi connectivity index (χ1v) is 8.82. The standard InChI is InChI=1S/C18H34O5/c1-8-15(4,9-2)18(7)17(6,21)16(5)14(20)11(3)13(23-16)12(10-19)22-18/h11-14,19-21H,8-10H2,1-7H3. The summed E-state index contributed by atoms with van der Waals surface area (Å²) in [5.41, 5.74) is -3.88. The fourth-order valence-electron chi connectivity index (χ4n) is 4.71. The number of fused-ring (bicyclic) bond motifs is 2. The second-order valence-electron chi connectivity index (χ2n) is 8.21. The van der Waals surface area contributed by atoms with Gasteiger partial charge in [-0.2, -0.15) is 0 Å². The summed E-state index contributed by atoms with van der Waals surface area (Å²) < 4.78 is 12.5. The highest BCUT2D eigenvalue weighted by molar-refractivity contribution is 5.21. The molecule has 136 valence electrons. The molecule has 7 unspecified atom stereocenters. The third-order valence-corrected chi connectivity index (χ3v) is 7.50. The van der Waals surface area contributed by atoms with Crippen molar-refractivity contribution in [2.24, 2.45) is 11.3 Å². The van der Waals surface area contributed by atoms with Gasteiger partial charge in [0, 0.05) is 5.92 Å². The van der Waals surface area contributed by atoms with Gasteiger partial charge >= 0.3 is 0 Å². The van der Waals surface area contributed by atoms with Crippen molar-refractivity contribution in [2.75, 3.05) is 6.61 Å². The lowest BCUT2D eigenvalue weighted by molar-refractivity contribution is -0.286. The molecule has 2 rings (SSSR count). The average molecular weight is 330 g/mol. The molecule has 2 bridgehead atoms. The van der Waals surface area contributed by atoms with Gasteiger partial charge in [-0.1, -0.05) is 27.7 Å². The number of aliphatic hydroxyl groups is 3. The quantitative estimate of drug-likeness (QED) is 0.733. The van der Waals surface area contributed by atoms with E-state index in [4.69, 9.17) is 9.47 Å². The maximum atomic E-state index is 11.6. The normalized spacial score (nSPS) is 50.9. The van der Waals surface area contributed by atoms with Gasteiger partial charge in [-0.25, -0.2) is 0 Å². The van der Waals surface area contributed by atoms with Crippen molar-refractivity contribution >= 4 is 0 Å². The lowest BCUT2D eigenvalue weighted by atomic mass is 9.57. The molecule has 0 spiro atoms. The van der Waals surface area contributed by atoms with Crippen LogP contribution in [-0.4, -0.2) is 57.0 Å². The Morgan fingerprint density at radius 1 is 1.09 bits per heavy atom. The molecule has 0 aromatic rings. The smallest absolute Gasteiger partial charge is 0.123 e. The van der Waals surface area contributed by atoms with Gasteiger partial charge in [0.2, 0.25) is 0 Å². The first kappa shape index (κ1) is 19.1. The summed E-state index contributed by atoms with van der Waals surface area (Å²) in [6, 6.07) is 0. The first-order chi connectivity index (χ1) is 10.5. The summed E-state index contributed by atoms with van der Waals surface area (Å²) in [6.45, 7) is 13.3. The molecule has 5 heteroatoms. The second kappa shape index (κ2) is 5.67. The number of rotatable bonds is 4. The summed E-state index contributed by atoms with van der Waals surface area (Å²) in [4.78, 5) is 0. The Balaban J connectivity index is 2.66. The molecule has 2 saturated heterocycles. The summed E-state index contributed by atoms with van der Waals surface area (Å²) in [5, 5.41) is 32.3. The van der Waals surface area contributed by atoms with Crippen LogP contribution in [0.5, 0.6) is 0 Å². The topological polar surface area (TPSA) is 79.2 Å². The molecule has 0 aromatic carbocycles. The van der Waals surface area contributed by atoms with Gasteiger partial charge in [-0.3, -0.25) is 0 Å². The zero-order chi connectivity index (χ0) is 17.8. The Kier molecular flexibility index (Phi) is 4.71. The fourth-order valence-corrected chi connectivity index (χ4v) is 4.71. The van der Waals surface area contributed by atoms with Crippen LogP contribution in [0, 0.1) is 11.3 Å². The molecule has 0 amide bonds. The molecule has 3 N–H and O–H groups in total. The Bertz CT molecular complexity index is 447. The molecule has 7 atom stereocenters. The van der Waals surface area contributed by atoms with Crippen molar-refractivity contribution in [1.29, 1.82) is 0 Å². The van der Waals surface area contributed by atoms with Crippen LogP contribution in [0.1, 0.15) is 61.3 Å². The molecule has 2 heterocycles. The van der Waals surface area contributed by atoms with E-state index >= 15 is 0 Å². The SMILES string of the molecule is CCC(C)(CC)C1(C)OC(CO)C2OC(C)(C(O)C2C)C1(C)O. The largest absolute Gasteiger partial charge is 0.394 e. The maximum Gasteiger partial charge on any atom is 0.123 e. The summed E-state index contributed by atoms with van der Waals surface area (Å²) in [5.74, 6) is -0.220. The molecule has 2 aliphatic rings. The van der Waals surface area contributed by atoms with Crippen molar-refractivity contribution in [3.05, 3.63) is 0 Å². The van der Waals surface area contributed by atoms with Gasteiger partial charge in [0.15, 0.2) is 0 Å². The minimum absolute atomic E-state index is 0.201. The van der Waals surface area contributed by atoms with Crippen LogP contribution < -0.4 is 0 Å². The van der Waals surface area contributed by atoms with Crippen LogP contribution in [0.2, 0.25) is 0 Å². The van der Waals surface area contributed by atoms with E-state index in [0.29, 0.717) is 0 Å². The van der Waals surface area contributed by atoms with Crippen LogP contribution in [0.4, 0.5) is 0 Å². The van der Waals surface area contributed by atoms with Gasteiger partial charge < -0.3 is 24.8 Å². The van der Waals surface area contributed by atoms with E-state index in [1.54, 1.807) is 13.8 Å². The third kappa shape index (κ3) is 2.17. The average Bonchev–Trinajstić information content (AvgIpc) is 2.72. The molecule has 2 fully saturated rings. The first-order valence-electron chi connectivity index (χ1n) is 8.82. The van der Waals surface area contributed by atoms with Gasteiger partial charge in [0.05, 0.1) is 18.8 Å². The zero-order valence-electron chi connectivity index (χ0n) is 15.6. The Morgan fingerprint density at radius 2 is 1.61 bits per heavy atom. The minimum Gasteiger partial charge on any atom is -0.394 e. The predicted molar refractivity (Wildman–Crippen MR) is 88.1 cm³/mol. The van der Waals surface area contributed by atoms with Gasteiger partial charge in [0.1, 0.15) is 22.9 Å². The van der Waals surface area contributed by atoms with E-state index in [-0.39, 0.29) is 17.9 Å². The zero-order valence-corrected chi connectivity index (χ0v) is 15.6. The van der Waals surface area contributed by atoms with Crippen molar-refractivity contribution in [3.63, 3.8) is 0 Å². The lowest BCUT2D eigenvalue weighted by Gasteiger charge is -2.58. The molecule has 0 saturated carbocycles. The summed E-state index contributed by atoms with van der Waals surface area (Å²) >= 11 is 0. The van der Waals surface area contributed by atoms with E-state index in [2.05, 4.69) is 20.8 Å². The summed E-state index contributed by atoms with van der Waals surface area (Å²) in [7, 11) is 0. The minimum atomic E-state index is -1.42. The van der Waals surface area contributed by atoms with E-state index in [1.165, 1.54) is 0 Å². The Morgan fingerprint density at radius 3 is 2.04 bits per heavy atom. The molecule has 0 radical (unpaired) electrons. The van der Waals surface area contributed by atoms with Crippen molar-refractivity contribution in [1.82, 2.24) is 0 Å². The van der Waals surface area contributed by atoms with Crippen molar-refractivity contribution < 1.29 is 24.8 Å². The van der Waals surface area contributed by atoms with Gasteiger partial charge in [-0.05, 0) is 39.0 Å². The Hall–Kier alpha value is -0.200. The molecule has 0 aliphatic carbocycles. The maximum absolute atomic E-state index is 11.6. The summed E-state index contributed by atoms with van der Waals surface area (Å²) in [6.07, 6.45) is -0.219. The highest BCUT2D eigenvalue weighted by Gasteiger charge is 2.72. The number of hydrogen-bond acceptors (Lipinski definition) is 5. The Labute approximate surface area is 140 Å². The van der Waals surface area contributed by atoms with Crippen LogP contribution in [-0.2, 0) is 9.47 Å². The fraction of sp³-hybridized carbons (Fsp3) is 1.00. The predicted octanol–water partition coefficient (Wildman–Crippen LogP) is 1.87.